The van der Waals surface area contributed by atoms with Crippen LogP contribution < -0.4 is 0 Å². The Morgan fingerprint density at radius 3 is 2.22 bits per heavy atom. The first-order valence-electron chi connectivity index (χ1n) is 7.83. The van der Waals surface area contributed by atoms with Crippen molar-refractivity contribution in [3.63, 3.8) is 0 Å². The fourth-order valence-electron chi connectivity index (χ4n) is 3.14. The topological polar surface area (TPSA) is 22.0 Å². The molecule has 142 valence electrons. The Kier molecular flexibility index (Phi) is 4.53. The second-order valence-electron chi connectivity index (χ2n) is 6.16. The van der Waals surface area contributed by atoms with Gasteiger partial charge in [0.15, 0.2) is 6.29 Å². The zero-order chi connectivity index (χ0) is 20.0. The summed E-state index contributed by atoms with van der Waals surface area (Å²) in [5.74, 6) is 0. The van der Waals surface area contributed by atoms with Crippen molar-refractivity contribution < 1.29 is 31.1 Å². The van der Waals surface area contributed by atoms with E-state index in [1.54, 1.807) is 24.3 Å². The summed E-state index contributed by atoms with van der Waals surface area (Å²) in [5.41, 5.74) is -2.29. The number of alkyl halides is 6. The maximum absolute atomic E-state index is 13.4. The summed E-state index contributed by atoms with van der Waals surface area (Å²) in [6.45, 7) is 0.852. The average molecular weight is 385 g/mol. The minimum absolute atomic E-state index is 0.160. The largest absolute Gasteiger partial charge is 0.416 e. The standard InChI is InChI=1S/C19H13F6NO/c1-11-7-13(16(19(23,24)25)8-15(11)18(20,21)22)9-26-6-5-14-12(10-27)3-2-4-17(14)26/h2-8,10H,9H2,1H3. The Hall–Kier alpha value is -2.77. The number of hydrogen-bond acceptors (Lipinski definition) is 1. The highest BCUT2D eigenvalue weighted by Gasteiger charge is 2.39. The predicted octanol–water partition coefficient (Wildman–Crippen LogP) is 5.85. The number of benzene rings is 2. The number of aromatic nitrogens is 1. The van der Waals surface area contributed by atoms with E-state index in [2.05, 4.69) is 0 Å². The number of hydrogen-bond donors (Lipinski definition) is 0. The normalized spacial score (nSPS) is 12.6. The van der Waals surface area contributed by atoms with Crippen molar-refractivity contribution in [2.24, 2.45) is 0 Å². The monoisotopic (exact) mass is 385 g/mol. The van der Waals surface area contributed by atoms with Crippen LogP contribution in [0.25, 0.3) is 10.9 Å². The minimum Gasteiger partial charge on any atom is -0.343 e. The Balaban J connectivity index is 2.15. The first-order chi connectivity index (χ1) is 12.5. The lowest BCUT2D eigenvalue weighted by Gasteiger charge is -2.19. The number of carbonyl (C=O) groups excluding carboxylic acids is 1. The molecule has 3 rings (SSSR count). The van der Waals surface area contributed by atoms with Crippen molar-refractivity contribution in [2.45, 2.75) is 25.8 Å². The van der Waals surface area contributed by atoms with Gasteiger partial charge in [-0.15, -0.1) is 0 Å². The molecule has 0 spiro atoms. The number of rotatable bonds is 3. The molecule has 0 aliphatic carbocycles. The van der Waals surface area contributed by atoms with E-state index in [1.165, 1.54) is 10.8 Å². The van der Waals surface area contributed by atoms with Gasteiger partial charge in [0.1, 0.15) is 0 Å². The van der Waals surface area contributed by atoms with Crippen LogP contribution in [0.3, 0.4) is 0 Å². The summed E-state index contributed by atoms with van der Waals surface area (Å²) in [4.78, 5) is 11.1. The van der Waals surface area contributed by atoms with Crippen LogP contribution in [-0.4, -0.2) is 10.9 Å². The van der Waals surface area contributed by atoms with E-state index in [-0.39, 0.29) is 23.7 Å². The van der Waals surface area contributed by atoms with Gasteiger partial charge >= 0.3 is 12.4 Å². The molecule has 0 bridgehead atoms. The second kappa shape index (κ2) is 6.44. The highest BCUT2D eigenvalue weighted by Crippen LogP contribution is 2.39. The third kappa shape index (κ3) is 3.56. The summed E-state index contributed by atoms with van der Waals surface area (Å²) in [5, 5.41) is 0.560. The second-order valence-corrected chi connectivity index (χ2v) is 6.16. The van der Waals surface area contributed by atoms with Gasteiger partial charge in [0, 0.05) is 29.2 Å². The van der Waals surface area contributed by atoms with E-state index in [4.69, 9.17) is 0 Å². The molecular formula is C19H13F6NO. The summed E-state index contributed by atoms with van der Waals surface area (Å²) < 4.78 is 80.7. The Morgan fingerprint density at radius 2 is 1.63 bits per heavy atom. The molecule has 1 aromatic heterocycles. The quantitative estimate of drug-likeness (QED) is 0.410. The molecule has 0 saturated carbocycles. The number of halogens is 6. The van der Waals surface area contributed by atoms with Crippen LogP contribution in [0.15, 0.2) is 42.6 Å². The molecule has 0 atom stereocenters. The van der Waals surface area contributed by atoms with Gasteiger partial charge in [-0.3, -0.25) is 4.79 Å². The van der Waals surface area contributed by atoms with E-state index in [9.17, 15) is 31.1 Å². The highest BCUT2D eigenvalue weighted by atomic mass is 19.4. The van der Waals surface area contributed by atoms with Crippen molar-refractivity contribution in [1.82, 2.24) is 4.57 Å². The van der Waals surface area contributed by atoms with Crippen molar-refractivity contribution in [2.75, 3.05) is 0 Å². The van der Waals surface area contributed by atoms with Crippen molar-refractivity contribution in [3.05, 3.63) is 70.4 Å². The Labute approximate surface area is 150 Å². The third-order valence-electron chi connectivity index (χ3n) is 4.38. The molecule has 0 aliphatic heterocycles. The molecule has 1 heterocycles. The lowest BCUT2D eigenvalue weighted by Crippen LogP contribution is -2.16. The van der Waals surface area contributed by atoms with Gasteiger partial charge in [-0.2, -0.15) is 26.3 Å². The molecule has 8 heteroatoms. The maximum Gasteiger partial charge on any atom is 0.416 e. The van der Waals surface area contributed by atoms with E-state index in [1.807, 2.05) is 0 Å². The SMILES string of the molecule is Cc1cc(Cn2ccc3c(C=O)cccc32)c(C(F)(F)F)cc1C(F)(F)F. The number of fused-ring (bicyclic) bond motifs is 1. The molecule has 2 nitrogen and oxygen atoms in total. The van der Waals surface area contributed by atoms with Gasteiger partial charge in [0.2, 0.25) is 0 Å². The molecule has 0 unspecified atom stereocenters. The smallest absolute Gasteiger partial charge is 0.343 e. The molecule has 3 aromatic rings. The fraction of sp³-hybridized carbons (Fsp3) is 0.211. The summed E-state index contributed by atoms with van der Waals surface area (Å²) in [6, 6.07) is 7.46. The predicted molar refractivity (Wildman–Crippen MR) is 87.6 cm³/mol. The lowest BCUT2D eigenvalue weighted by atomic mass is 9.98. The van der Waals surface area contributed by atoms with E-state index in [0.717, 1.165) is 13.0 Å². The molecule has 0 fully saturated rings. The van der Waals surface area contributed by atoms with E-state index >= 15 is 0 Å². The van der Waals surface area contributed by atoms with Gasteiger partial charge in [-0.1, -0.05) is 18.2 Å². The van der Waals surface area contributed by atoms with Crippen molar-refractivity contribution >= 4 is 17.2 Å². The maximum atomic E-state index is 13.4. The Morgan fingerprint density at radius 1 is 0.963 bits per heavy atom. The van der Waals surface area contributed by atoms with Gasteiger partial charge in [0.05, 0.1) is 11.1 Å². The molecule has 27 heavy (non-hydrogen) atoms. The molecule has 0 aliphatic rings. The van der Waals surface area contributed by atoms with Gasteiger partial charge in [0.25, 0.3) is 0 Å². The first kappa shape index (κ1) is 19.0. The third-order valence-corrected chi connectivity index (χ3v) is 4.38. The number of nitrogens with zero attached hydrogens (tertiary/aromatic N) is 1. The average Bonchev–Trinajstić information content (AvgIpc) is 2.95. The van der Waals surface area contributed by atoms with Gasteiger partial charge < -0.3 is 4.57 Å². The van der Waals surface area contributed by atoms with Crippen LogP contribution in [0.1, 0.15) is 32.6 Å². The Bertz CT molecular complexity index is 1010. The van der Waals surface area contributed by atoms with Crippen LogP contribution in [0, 0.1) is 6.92 Å². The molecular weight excluding hydrogens is 372 g/mol. The molecule has 0 radical (unpaired) electrons. The molecule has 0 N–H and O–H groups in total. The van der Waals surface area contributed by atoms with Crippen LogP contribution in [0.2, 0.25) is 0 Å². The molecule has 2 aromatic carbocycles. The first-order valence-corrected chi connectivity index (χ1v) is 7.83. The number of aryl methyl sites for hydroxylation is 1. The van der Waals surface area contributed by atoms with Crippen LogP contribution in [0.4, 0.5) is 26.3 Å². The van der Waals surface area contributed by atoms with Crippen molar-refractivity contribution in [3.8, 4) is 0 Å². The molecule has 0 amide bonds. The van der Waals surface area contributed by atoms with Crippen LogP contribution in [0.5, 0.6) is 0 Å². The van der Waals surface area contributed by atoms with Crippen LogP contribution in [-0.2, 0) is 18.9 Å². The zero-order valence-corrected chi connectivity index (χ0v) is 13.9. The lowest BCUT2D eigenvalue weighted by molar-refractivity contribution is -0.143. The van der Waals surface area contributed by atoms with Crippen LogP contribution >= 0.6 is 0 Å². The van der Waals surface area contributed by atoms with Crippen molar-refractivity contribution in [1.29, 1.82) is 0 Å². The highest BCUT2D eigenvalue weighted by molar-refractivity contribution is 5.97. The zero-order valence-electron chi connectivity index (χ0n) is 13.9. The molecule has 0 saturated heterocycles. The van der Waals surface area contributed by atoms with Gasteiger partial charge in [-0.25, -0.2) is 0 Å². The summed E-state index contributed by atoms with van der Waals surface area (Å²) in [6.07, 6.45) is -7.66. The number of carbonyl (C=O) groups is 1. The van der Waals surface area contributed by atoms with E-state index in [0.29, 0.717) is 22.8 Å². The summed E-state index contributed by atoms with van der Waals surface area (Å²) in [7, 11) is 0. The van der Waals surface area contributed by atoms with E-state index < -0.39 is 23.5 Å². The van der Waals surface area contributed by atoms with Gasteiger partial charge in [-0.05, 0) is 36.2 Å². The summed E-state index contributed by atoms with van der Waals surface area (Å²) >= 11 is 0. The number of aldehydes is 1. The fourth-order valence-corrected chi connectivity index (χ4v) is 3.14. The minimum atomic E-state index is -4.93.